The maximum absolute atomic E-state index is 11.8. The summed E-state index contributed by atoms with van der Waals surface area (Å²) in [4.78, 5) is 14.1. The van der Waals surface area contributed by atoms with Gasteiger partial charge in [-0.15, -0.1) is 0 Å². The van der Waals surface area contributed by atoms with Crippen LogP contribution in [-0.4, -0.2) is 48.4 Å². The zero-order valence-electron chi connectivity index (χ0n) is 13.6. The highest BCUT2D eigenvalue weighted by Gasteiger charge is 2.11. The van der Waals surface area contributed by atoms with Gasteiger partial charge in [0.1, 0.15) is 0 Å². The average molecular weight is 319 g/mol. The first-order valence-corrected chi connectivity index (χ1v) is 8.19. The minimum absolute atomic E-state index is 0.0284. The molecule has 1 heterocycles. The fourth-order valence-electron chi connectivity index (χ4n) is 2.59. The van der Waals surface area contributed by atoms with Crippen LogP contribution >= 0.6 is 0 Å². The number of phenolic OH excluding ortho intramolecular Hbond substituents is 1. The molecule has 0 spiro atoms. The van der Waals surface area contributed by atoms with Crippen LogP contribution in [-0.2, 0) is 4.79 Å². The van der Waals surface area contributed by atoms with Crippen LogP contribution in [0, 0.1) is 0 Å². The molecule has 1 aliphatic rings. The Bertz CT molecular complexity index is 540. The van der Waals surface area contributed by atoms with Crippen molar-refractivity contribution in [1.29, 1.82) is 0 Å². The summed E-state index contributed by atoms with van der Waals surface area (Å²) >= 11 is 0. The summed E-state index contributed by atoms with van der Waals surface area (Å²) in [6, 6.07) is 5.17. The number of hydrogen-bond acceptors (Lipinski definition) is 5. The molecule has 23 heavy (non-hydrogen) atoms. The molecule has 0 radical (unpaired) electrons. The van der Waals surface area contributed by atoms with Gasteiger partial charge in [-0.05, 0) is 45.0 Å². The van der Waals surface area contributed by atoms with E-state index >= 15 is 0 Å². The number of phenols is 1. The first kappa shape index (κ1) is 17.3. The van der Waals surface area contributed by atoms with Gasteiger partial charge in [0.05, 0.1) is 12.8 Å². The minimum Gasteiger partial charge on any atom is -0.504 e. The van der Waals surface area contributed by atoms with Crippen molar-refractivity contribution < 1.29 is 14.6 Å². The number of amides is 1. The van der Waals surface area contributed by atoms with E-state index in [4.69, 9.17) is 4.74 Å². The lowest BCUT2D eigenvalue weighted by Gasteiger charge is -2.25. The monoisotopic (exact) mass is 319 g/mol. The van der Waals surface area contributed by atoms with E-state index in [0.717, 1.165) is 19.6 Å². The van der Waals surface area contributed by atoms with Crippen LogP contribution in [0.3, 0.4) is 0 Å². The first-order chi connectivity index (χ1) is 11.2. The summed E-state index contributed by atoms with van der Waals surface area (Å²) in [5.74, 6) is 0.320. The van der Waals surface area contributed by atoms with Gasteiger partial charge in [0.15, 0.2) is 11.5 Å². The van der Waals surface area contributed by atoms with E-state index in [9.17, 15) is 9.90 Å². The summed E-state index contributed by atoms with van der Waals surface area (Å²) < 4.78 is 5.31. The number of hydrazone groups is 1. The van der Waals surface area contributed by atoms with E-state index in [1.165, 1.54) is 25.5 Å². The second-order valence-corrected chi connectivity index (χ2v) is 5.57. The Morgan fingerprint density at radius 2 is 2.17 bits per heavy atom. The molecular formula is C17H25N3O3. The molecule has 2 rings (SSSR count). The summed E-state index contributed by atoms with van der Waals surface area (Å²) in [5.41, 5.74) is 3.01. The van der Waals surface area contributed by atoms with E-state index < -0.39 is 0 Å². The Kier molecular flexibility index (Phi) is 6.87. The lowest BCUT2D eigenvalue weighted by molar-refractivity contribution is -0.121. The number of carbonyl (C=O) groups excluding carboxylic acids is 1. The quantitative estimate of drug-likeness (QED) is 0.596. The highest BCUT2D eigenvalue weighted by Crippen LogP contribution is 2.28. The number of benzene rings is 1. The van der Waals surface area contributed by atoms with Crippen molar-refractivity contribution in [3.63, 3.8) is 0 Å². The molecule has 1 aromatic rings. The third-order valence-electron chi connectivity index (χ3n) is 3.83. The second-order valence-electron chi connectivity index (χ2n) is 5.57. The Morgan fingerprint density at radius 3 is 2.91 bits per heavy atom. The van der Waals surface area contributed by atoms with Crippen LogP contribution in [0.25, 0.3) is 0 Å². The van der Waals surface area contributed by atoms with Crippen molar-refractivity contribution >= 4 is 12.1 Å². The fourth-order valence-corrected chi connectivity index (χ4v) is 2.59. The number of ether oxygens (including phenoxy) is 1. The van der Waals surface area contributed by atoms with Crippen LogP contribution in [0.4, 0.5) is 0 Å². The highest BCUT2D eigenvalue weighted by atomic mass is 16.5. The minimum atomic E-state index is -0.118. The number of aromatic hydroxyl groups is 1. The topological polar surface area (TPSA) is 74.2 Å². The number of para-hydroxylation sites is 1. The number of carbonyl (C=O) groups is 1. The Hall–Kier alpha value is -2.08. The van der Waals surface area contributed by atoms with Gasteiger partial charge >= 0.3 is 0 Å². The molecule has 1 saturated heterocycles. The van der Waals surface area contributed by atoms with Gasteiger partial charge in [-0.3, -0.25) is 4.79 Å². The van der Waals surface area contributed by atoms with Crippen molar-refractivity contribution in [3.05, 3.63) is 23.8 Å². The molecule has 1 amide bonds. The highest BCUT2D eigenvalue weighted by molar-refractivity contribution is 5.86. The molecule has 0 aliphatic carbocycles. The zero-order chi connectivity index (χ0) is 16.5. The smallest absolute Gasteiger partial charge is 0.241 e. The van der Waals surface area contributed by atoms with Gasteiger partial charge in [-0.25, -0.2) is 5.43 Å². The average Bonchev–Trinajstić information content (AvgIpc) is 2.57. The van der Waals surface area contributed by atoms with Crippen LogP contribution in [0.2, 0.25) is 0 Å². The number of hydrogen-bond donors (Lipinski definition) is 2. The van der Waals surface area contributed by atoms with Crippen LogP contribution in [0.15, 0.2) is 23.3 Å². The molecule has 126 valence electrons. The van der Waals surface area contributed by atoms with E-state index in [-0.39, 0.29) is 11.7 Å². The zero-order valence-corrected chi connectivity index (χ0v) is 13.6. The molecule has 2 N–H and O–H groups in total. The Morgan fingerprint density at radius 1 is 1.39 bits per heavy atom. The molecule has 0 unspecified atom stereocenters. The van der Waals surface area contributed by atoms with Gasteiger partial charge in [0.25, 0.3) is 0 Å². The van der Waals surface area contributed by atoms with E-state index in [1.807, 2.05) is 6.92 Å². The molecule has 0 aromatic heterocycles. The molecular weight excluding hydrogens is 294 g/mol. The van der Waals surface area contributed by atoms with Crippen LogP contribution in [0.5, 0.6) is 11.5 Å². The number of nitrogens with one attached hydrogen (secondary N) is 1. The molecule has 0 atom stereocenters. The summed E-state index contributed by atoms with van der Waals surface area (Å²) in [6.07, 6.45) is 5.58. The van der Waals surface area contributed by atoms with Crippen molar-refractivity contribution in [1.82, 2.24) is 10.3 Å². The lowest BCUT2D eigenvalue weighted by Crippen LogP contribution is -2.33. The summed E-state index contributed by atoms with van der Waals surface area (Å²) in [5, 5.41) is 13.9. The molecule has 1 aromatic carbocycles. The van der Waals surface area contributed by atoms with E-state index in [2.05, 4.69) is 15.4 Å². The van der Waals surface area contributed by atoms with Crippen molar-refractivity contribution in [3.8, 4) is 11.5 Å². The van der Waals surface area contributed by atoms with Crippen LogP contribution < -0.4 is 10.2 Å². The molecule has 0 saturated carbocycles. The summed E-state index contributed by atoms with van der Waals surface area (Å²) in [7, 11) is 0. The van der Waals surface area contributed by atoms with Gasteiger partial charge in [0.2, 0.25) is 5.91 Å². The number of likely N-dealkylation sites (tertiary alicyclic amines) is 1. The van der Waals surface area contributed by atoms with Gasteiger partial charge in [-0.2, -0.15) is 5.10 Å². The molecule has 6 heteroatoms. The van der Waals surface area contributed by atoms with E-state index in [1.54, 1.807) is 18.2 Å². The molecule has 6 nitrogen and oxygen atoms in total. The van der Waals surface area contributed by atoms with Crippen molar-refractivity contribution in [2.45, 2.75) is 32.6 Å². The largest absolute Gasteiger partial charge is 0.504 e. The SMILES string of the molecule is CCOc1cccc(/C=N/NC(=O)CCN2CCCCC2)c1O. The molecule has 1 aliphatic heterocycles. The number of piperidine rings is 1. The van der Waals surface area contributed by atoms with Crippen molar-refractivity contribution in [2.24, 2.45) is 5.10 Å². The number of nitrogens with zero attached hydrogens (tertiary/aromatic N) is 2. The maximum Gasteiger partial charge on any atom is 0.241 e. The third kappa shape index (κ3) is 5.56. The first-order valence-electron chi connectivity index (χ1n) is 8.19. The maximum atomic E-state index is 11.8. The Labute approximate surface area is 137 Å². The standard InChI is InChI=1S/C17H25N3O3/c1-2-23-15-8-6-7-14(17(15)22)13-18-19-16(21)9-12-20-10-4-3-5-11-20/h6-8,13,22H,2-5,9-12H2,1H3,(H,19,21)/b18-13+. The normalized spacial score (nSPS) is 15.7. The van der Waals surface area contributed by atoms with Gasteiger partial charge in [-0.1, -0.05) is 12.5 Å². The van der Waals surface area contributed by atoms with Gasteiger partial charge < -0.3 is 14.7 Å². The Balaban J connectivity index is 1.79. The van der Waals surface area contributed by atoms with Crippen LogP contribution in [0.1, 0.15) is 38.2 Å². The predicted molar refractivity (Wildman–Crippen MR) is 89.9 cm³/mol. The number of rotatable bonds is 7. The fraction of sp³-hybridized carbons (Fsp3) is 0.529. The van der Waals surface area contributed by atoms with Crippen molar-refractivity contribution in [2.75, 3.05) is 26.2 Å². The van der Waals surface area contributed by atoms with Gasteiger partial charge in [0, 0.05) is 18.5 Å². The predicted octanol–water partition coefficient (Wildman–Crippen LogP) is 2.12. The van der Waals surface area contributed by atoms with E-state index in [0.29, 0.717) is 24.3 Å². The molecule has 0 bridgehead atoms. The summed E-state index contributed by atoms with van der Waals surface area (Å²) in [6.45, 7) is 5.25. The lowest BCUT2D eigenvalue weighted by atomic mass is 10.1. The molecule has 1 fully saturated rings. The third-order valence-corrected chi connectivity index (χ3v) is 3.83. The second kappa shape index (κ2) is 9.15.